The molecule has 1 aromatic heterocycles. The summed E-state index contributed by atoms with van der Waals surface area (Å²) < 4.78 is 0. The molecule has 0 aliphatic carbocycles. The summed E-state index contributed by atoms with van der Waals surface area (Å²) in [6.07, 6.45) is 0. The summed E-state index contributed by atoms with van der Waals surface area (Å²) in [5, 5.41) is 5.74. The number of anilines is 3. The molecule has 0 saturated carbocycles. The molecule has 0 saturated heterocycles. The van der Waals surface area contributed by atoms with Gasteiger partial charge in [0.05, 0.1) is 0 Å². The quantitative estimate of drug-likeness (QED) is 0.909. The van der Waals surface area contributed by atoms with E-state index in [1.54, 1.807) is 14.1 Å². The van der Waals surface area contributed by atoms with Crippen molar-refractivity contribution in [2.75, 3.05) is 24.3 Å². The monoisotopic (exact) mass is 285 g/mol. The fourth-order valence-electron chi connectivity index (χ4n) is 1.96. The summed E-state index contributed by atoms with van der Waals surface area (Å²) in [7, 11) is 3.32. The summed E-state index contributed by atoms with van der Waals surface area (Å²) in [5.41, 5.74) is 3.51. The van der Waals surface area contributed by atoms with Gasteiger partial charge in [0.1, 0.15) is 0 Å². The molecule has 2 rings (SSSR count). The zero-order chi connectivity index (χ0) is 15.4. The van der Waals surface area contributed by atoms with Crippen LogP contribution in [0, 0.1) is 13.8 Å². The first-order valence-corrected chi connectivity index (χ1v) is 6.64. The van der Waals surface area contributed by atoms with E-state index in [-0.39, 0.29) is 6.03 Å². The number of amides is 2. The van der Waals surface area contributed by atoms with Crippen molar-refractivity contribution in [3.63, 3.8) is 0 Å². The third kappa shape index (κ3) is 3.68. The van der Waals surface area contributed by atoms with Gasteiger partial charge in [-0.05, 0) is 44.2 Å². The fourth-order valence-corrected chi connectivity index (χ4v) is 1.96. The van der Waals surface area contributed by atoms with Crippen molar-refractivity contribution in [3.05, 3.63) is 41.7 Å². The van der Waals surface area contributed by atoms with Gasteiger partial charge in [0.2, 0.25) is 5.95 Å². The van der Waals surface area contributed by atoms with Gasteiger partial charge in [0.25, 0.3) is 0 Å². The lowest BCUT2D eigenvalue weighted by molar-refractivity contribution is 0.249. The zero-order valence-corrected chi connectivity index (χ0v) is 12.6. The Labute approximate surface area is 124 Å². The molecule has 21 heavy (non-hydrogen) atoms. The fraction of sp³-hybridized carbons (Fsp3) is 0.267. The van der Waals surface area contributed by atoms with E-state index in [2.05, 4.69) is 20.6 Å². The molecule has 2 amide bonds. The van der Waals surface area contributed by atoms with Crippen molar-refractivity contribution >= 4 is 23.4 Å². The number of benzene rings is 1. The molecule has 1 aromatic carbocycles. The van der Waals surface area contributed by atoms with Crippen LogP contribution in [0.4, 0.5) is 22.1 Å². The molecule has 2 N–H and O–H groups in total. The summed E-state index contributed by atoms with van der Waals surface area (Å²) in [6.45, 7) is 3.86. The average Bonchev–Trinajstić information content (AvgIpc) is 2.45. The lowest BCUT2D eigenvalue weighted by Crippen LogP contribution is -2.34. The second kappa shape index (κ2) is 6.21. The Morgan fingerprint density at radius 2 is 1.67 bits per heavy atom. The number of urea groups is 1. The molecular weight excluding hydrogens is 266 g/mol. The number of hydrogen-bond acceptors (Lipinski definition) is 4. The van der Waals surface area contributed by atoms with Crippen LogP contribution in [0.2, 0.25) is 0 Å². The van der Waals surface area contributed by atoms with Crippen LogP contribution in [0.15, 0.2) is 30.3 Å². The molecule has 6 heteroatoms. The predicted octanol–water partition coefficient (Wildman–Crippen LogP) is 2.61. The number of aryl methyl sites for hydroxylation is 2. The number of carbonyl (C=O) groups is 1. The van der Waals surface area contributed by atoms with Gasteiger partial charge >= 0.3 is 6.03 Å². The van der Waals surface area contributed by atoms with E-state index < -0.39 is 0 Å². The van der Waals surface area contributed by atoms with Crippen LogP contribution in [0.5, 0.6) is 0 Å². The van der Waals surface area contributed by atoms with Gasteiger partial charge in [-0.3, -0.25) is 4.90 Å². The average molecular weight is 285 g/mol. The van der Waals surface area contributed by atoms with E-state index in [1.807, 2.05) is 44.2 Å². The van der Waals surface area contributed by atoms with Crippen LogP contribution < -0.4 is 15.5 Å². The third-order valence-corrected chi connectivity index (χ3v) is 3.01. The Morgan fingerprint density at radius 1 is 1.10 bits per heavy atom. The SMILES string of the molecule is CNC(=O)N(C)c1ccc(Nc2nc(C)cc(C)n2)cc1. The van der Waals surface area contributed by atoms with E-state index in [0.717, 1.165) is 22.8 Å². The highest BCUT2D eigenvalue weighted by Crippen LogP contribution is 2.19. The topological polar surface area (TPSA) is 70.2 Å². The minimum atomic E-state index is -0.159. The first kappa shape index (κ1) is 14.8. The second-order valence-electron chi connectivity index (χ2n) is 4.76. The summed E-state index contributed by atoms with van der Waals surface area (Å²) in [5.74, 6) is 0.569. The van der Waals surface area contributed by atoms with Crippen LogP contribution in [0.1, 0.15) is 11.4 Å². The van der Waals surface area contributed by atoms with Gasteiger partial charge in [0.15, 0.2) is 0 Å². The Kier molecular flexibility index (Phi) is 4.37. The normalized spacial score (nSPS) is 10.1. The highest BCUT2D eigenvalue weighted by molar-refractivity contribution is 5.91. The summed E-state index contributed by atoms with van der Waals surface area (Å²) >= 11 is 0. The maximum atomic E-state index is 11.5. The molecule has 0 bridgehead atoms. The Morgan fingerprint density at radius 3 is 2.19 bits per heavy atom. The molecule has 0 unspecified atom stereocenters. The Bertz CT molecular complexity index is 619. The van der Waals surface area contributed by atoms with Crippen molar-refractivity contribution < 1.29 is 4.79 Å². The lowest BCUT2D eigenvalue weighted by Gasteiger charge is -2.17. The van der Waals surface area contributed by atoms with Crippen LogP contribution in [-0.4, -0.2) is 30.1 Å². The van der Waals surface area contributed by atoms with Gasteiger partial charge in [-0.15, -0.1) is 0 Å². The smallest absolute Gasteiger partial charge is 0.321 e. The minimum Gasteiger partial charge on any atom is -0.341 e. The molecule has 0 aliphatic rings. The first-order valence-electron chi connectivity index (χ1n) is 6.64. The van der Waals surface area contributed by atoms with E-state index >= 15 is 0 Å². The molecule has 0 atom stereocenters. The third-order valence-electron chi connectivity index (χ3n) is 3.01. The molecule has 6 nitrogen and oxygen atoms in total. The summed E-state index contributed by atoms with van der Waals surface area (Å²) in [4.78, 5) is 21.7. The first-order chi connectivity index (χ1) is 9.99. The molecule has 110 valence electrons. The Hall–Kier alpha value is -2.63. The van der Waals surface area contributed by atoms with Crippen LogP contribution >= 0.6 is 0 Å². The summed E-state index contributed by atoms with van der Waals surface area (Å²) in [6, 6.07) is 9.26. The molecule has 0 radical (unpaired) electrons. The maximum absolute atomic E-state index is 11.5. The van der Waals surface area contributed by atoms with Gasteiger partial charge in [-0.25, -0.2) is 14.8 Å². The number of nitrogens with one attached hydrogen (secondary N) is 2. The number of carbonyl (C=O) groups excluding carboxylic acids is 1. The predicted molar refractivity (Wildman–Crippen MR) is 84.1 cm³/mol. The number of aromatic nitrogens is 2. The standard InChI is InChI=1S/C15H19N5O/c1-10-9-11(2)18-14(17-10)19-12-5-7-13(8-6-12)20(4)15(21)16-3/h5-9H,1-4H3,(H,16,21)(H,17,18,19). The van der Waals surface area contributed by atoms with Crippen molar-refractivity contribution in [1.82, 2.24) is 15.3 Å². The highest BCUT2D eigenvalue weighted by atomic mass is 16.2. The zero-order valence-electron chi connectivity index (χ0n) is 12.6. The largest absolute Gasteiger partial charge is 0.341 e. The van der Waals surface area contributed by atoms with Gasteiger partial charge in [-0.2, -0.15) is 0 Å². The molecule has 2 aromatic rings. The molecule has 0 spiro atoms. The van der Waals surface area contributed by atoms with Gasteiger partial charge < -0.3 is 10.6 Å². The number of nitrogens with zero attached hydrogens (tertiary/aromatic N) is 3. The molecule has 1 heterocycles. The van der Waals surface area contributed by atoms with Crippen LogP contribution in [-0.2, 0) is 0 Å². The second-order valence-corrected chi connectivity index (χ2v) is 4.76. The Balaban J connectivity index is 2.14. The highest BCUT2D eigenvalue weighted by Gasteiger charge is 2.08. The van der Waals surface area contributed by atoms with Crippen LogP contribution in [0.25, 0.3) is 0 Å². The minimum absolute atomic E-state index is 0.159. The number of rotatable bonds is 3. The molecular formula is C15H19N5O. The number of hydrogen-bond donors (Lipinski definition) is 2. The van der Waals surface area contributed by atoms with Crippen molar-refractivity contribution in [2.45, 2.75) is 13.8 Å². The van der Waals surface area contributed by atoms with Crippen molar-refractivity contribution in [3.8, 4) is 0 Å². The van der Waals surface area contributed by atoms with E-state index in [1.165, 1.54) is 4.90 Å². The maximum Gasteiger partial charge on any atom is 0.321 e. The van der Waals surface area contributed by atoms with Crippen LogP contribution in [0.3, 0.4) is 0 Å². The molecule has 0 fully saturated rings. The van der Waals surface area contributed by atoms with E-state index in [9.17, 15) is 4.79 Å². The van der Waals surface area contributed by atoms with Gasteiger partial charge in [-0.1, -0.05) is 0 Å². The van der Waals surface area contributed by atoms with Crippen molar-refractivity contribution in [1.29, 1.82) is 0 Å². The van der Waals surface area contributed by atoms with E-state index in [0.29, 0.717) is 5.95 Å². The molecule has 0 aliphatic heterocycles. The van der Waals surface area contributed by atoms with Crippen molar-refractivity contribution in [2.24, 2.45) is 0 Å². The van der Waals surface area contributed by atoms with E-state index in [4.69, 9.17) is 0 Å². The van der Waals surface area contributed by atoms with Gasteiger partial charge in [0, 0.05) is 36.9 Å². The lowest BCUT2D eigenvalue weighted by atomic mass is 10.2.